The molecular weight excluding hydrogens is 154 g/mol. The standard InChI is InChI=1S/C9H19NO2/c1-7(11)5-8(12)6-10-9(2,3)4/h8,10,12H,5-6H2,1-4H3. The molecule has 0 aromatic rings. The highest BCUT2D eigenvalue weighted by Gasteiger charge is 2.12. The van der Waals surface area contributed by atoms with Crippen LogP contribution in [-0.2, 0) is 4.79 Å². The number of carbonyl (C=O) groups excluding carboxylic acids is 1. The first-order valence-electron chi connectivity index (χ1n) is 4.24. The molecule has 0 aliphatic rings. The summed E-state index contributed by atoms with van der Waals surface area (Å²) in [7, 11) is 0. The largest absolute Gasteiger partial charge is 0.391 e. The van der Waals surface area contributed by atoms with Crippen molar-refractivity contribution in [1.29, 1.82) is 0 Å². The molecule has 0 aliphatic carbocycles. The zero-order valence-corrected chi connectivity index (χ0v) is 8.35. The normalized spacial score (nSPS) is 14.4. The molecular formula is C9H19NO2. The van der Waals surface area contributed by atoms with E-state index in [0.29, 0.717) is 6.54 Å². The highest BCUT2D eigenvalue weighted by molar-refractivity contribution is 5.75. The Morgan fingerprint density at radius 1 is 1.50 bits per heavy atom. The fourth-order valence-electron chi connectivity index (χ4n) is 0.828. The topological polar surface area (TPSA) is 49.3 Å². The number of hydrogen-bond donors (Lipinski definition) is 2. The van der Waals surface area contributed by atoms with E-state index in [1.807, 2.05) is 20.8 Å². The minimum Gasteiger partial charge on any atom is -0.391 e. The summed E-state index contributed by atoms with van der Waals surface area (Å²) in [6, 6.07) is 0. The average Bonchev–Trinajstić information content (AvgIpc) is 1.80. The van der Waals surface area contributed by atoms with Crippen LogP contribution in [0, 0.1) is 0 Å². The Hall–Kier alpha value is -0.410. The van der Waals surface area contributed by atoms with E-state index >= 15 is 0 Å². The molecule has 0 aromatic carbocycles. The van der Waals surface area contributed by atoms with E-state index in [2.05, 4.69) is 5.32 Å². The summed E-state index contributed by atoms with van der Waals surface area (Å²) in [5, 5.41) is 12.4. The minimum absolute atomic E-state index is 0.00221. The SMILES string of the molecule is CC(=O)CC(O)CNC(C)(C)C. The summed E-state index contributed by atoms with van der Waals surface area (Å²) in [4.78, 5) is 10.6. The second-order valence-electron chi connectivity index (χ2n) is 4.19. The predicted molar refractivity (Wildman–Crippen MR) is 49.1 cm³/mol. The number of carbonyl (C=O) groups is 1. The van der Waals surface area contributed by atoms with Crippen molar-refractivity contribution in [2.24, 2.45) is 0 Å². The van der Waals surface area contributed by atoms with Crippen LogP contribution in [0.15, 0.2) is 0 Å². The van der Waals surface area contributed by atoms with Gasteiger partial charge in [0.2, 0.25) is 0 Å². The van der Waals surface area contributed by atoms with Crippen molar-refractivity contribution in [3.8, 4) is 0 Å². The molecule has 0 radical (unpaired) electrons. The van der Waals surface area contributed by atoms with Gasteiger partial charge < -0.3 is 10.4 Å². The maximum Gasteiger partial charge on any atom is 0.132 e. The van der Waals surface area contributed by atoms with Gasteiger partial charge in [-0.15, -0.1) is 0 Å². The Morgan fingerprint density at radius 2 is 2.00 bits per heavy atom. The molecule has 0 aromatic heterocycles. The fourth-order valence-corrected chi connectivity index (χ4v) is 0.828. The molecule has 2 N–H and O–H groups in total. The smallest absolute Gasteiger partial charge is 0.132 e. The summed E-state index contributed by atoms with van der Waals surface area (Å²) >= 11 is 0. The minimum atomic E-state index is -0.554. The third-order valence-corrected chi connectivity index (χ3v) is 1.39. The van der Waals surface area contributed by atoms with Crippen molar-refractivity contribution in [3.63, 3.8) is 0 Å². The molecule has 3 nitrogen and oxygen atoms in total. The van der Waals surface area contributed by atoms with Gasteiger partial charge in [0.15, 0.2) is 0 Å². The highest BCUT2D eigenvalue weighted by Crippen LogP contribution is 1.99. The number of nitrogens with one attached hydrogen (secondary N) is 1. The molecule has 0 fully saturated rings. The Balaban J connectivity index is 3.57. The van der Waals surface area contributed by atoms with Gasteiger partial charge >= 0.3 is 0 Å². The van der Waals surface area contributed by atoms with Gasteiger partial charge in [0.05, 0.1) is 6.10 Å². The van der Waals surface area contributed by atoms with Gasteiger partial charge in [0.25, 0.3) is 0 Å². The molecule has 0 amide bonds. The number of ketones is 1. The summed E-state index contributed by atoms with van der Waals surface area (Å²) in [5.74, 6) is 0.0261. The van der Waals surface area contributed by atoms with Crippen LogP contribution in [0.5, 0.6) is 0 Å². The van der Waals surface area contributed by atoms with Gasteiger partial charge in [-0.1, -0.05) is 0 Å². The summed E-state index contributed by atoms with van der Waals surface area (Å²) in [6.07, 6.45) is -0.315. The highest BCUT2D eigenvalue weighted by atomic mass is 16.3. The van der Waals surface area contributed by atoms with Crippen molar-refractivity contribution in [1.82, 2.24) is 5.32 Å². The molecule has 1 unspecified atom stereocenters. The zero-order chi connectivity index (χ0) is 9.78. The lowest BCUT2D eigenvalue weighted by molar-refractivity contribution is -0.118. The van der Waals surface area contributed by atoms with E-state index in [0.717, 1.165) is 0 Å². The molecule has 0 saturated carbocycles. The Labute approximate surface area is 74.2 Å². The Kier molecular flexibility index (Phi) is 4.42. The third kappa shape index (κ3) is 7.69. The van der Waals surface area contributed by atoms with Gasteiger partial charge in [0.1, 0.15) is 5.78 Å². The monoisotopic (exact) mass is 173 g/mol. The van der Waals surface area contributed by atoms with Crippen LogP contribution in [-0.4, -0.2) is 29.1 Å². The number of aliphatic hydroxyl groups is 1. The number of aliphatic hydroxyl groups excluding tert-OH is 1. The number of rotatable bonds is 4. The van der Waals surface area contributed by atoms with Crippen LogP contribution >= 0.6 is 0 Å². The quantitative estimate of drug-likeness (QED) is 0.658. The van der Waals surface area contributed by atoms with E-state index < -0.39 is 6.10 Å². The lowest BCUT2D eigenvalue weighted by Crippen LogP contribution is -2.41. The van der Waals surface area contributed by atoms with Gasteiger partial charge in [0, 0.05) is 18.5 Å². The van der Waals surface area contributed by atoms with Crippen LogP contribution in [0.2, 0.25) is 0 Å². The van der Waals surface area contributed by atoms with Crippen LogP contribution < -0.4 is 5.32 Å². The van der Waals surface area contributed by atoms with Crippen LogP contribution in [0.4, 0.5) is 0 Å². The molecule has 0 heterocycles. The molecule has 0 bridgehead atoms. The van der Waals surface area contributed by atoms with Gasteiger partial charge in [-0.3, -0.25) is 4.79 Å². The first-order chi connectivity index (χ1) is 5.31. The average molecular weight is 173 g/mol. The van der Waals surface area contributed by atoms with Crippen molar-refractivity contribution in [3.05, 3.63) is 0 Å². The molecule has 72 valence electrons. The van der Waals surface area contributed by atoms with Crippen molar-refractivity contribution in [2.75, 3.05) is 6.54 Å². The molecule has 0 rings (SSSR count). The van der Waals surface area contributed by atoms with E-state index in [4.69, 9.17) is 0 Å². The Morgan fingerprint density at radius 3 is 2.33 bits per heavy atom. The van der Waals surface area contributed by atoms with Crippen molar-refractivity contribution >= 4 is 5.78 Å². The predicted octanol–water partition coefficient (Wildman–Crippen LogP) is 0.714. The number of hydrogen-bond acceptors (Lipinski definition) is 3. The zero-order valence-electron chi connectivity index (χ0n) is 8.35. The van der Waals surface area contributed by atoms with Crippen molar-refractivity contribution in [2.45, 2.75) is 45.8 Å². The maximum atomic E-state index is 10.6. The van der Waals surface area contributed by atoms with Gasteiger partial charge in [-0.25, -0.2) is 0 Å². The van der Waals surface area contributed by atoms with Crippen molar-refractivity contribution < 1.29 is 9.90 Å². The number of β-amino-alcohol motifs (C(OH)–C–C–N with tert-alkyl or cyclic N) is 1. The number of Topliss-reactive ketones (excluding diaryl/α,β-unsaturated/α-hetero) is 1. The van der Waals surface area contributed by atoms with Gasteiger partial charge in [-0.2, -0.15) is 0 Å². The lowest BCUT2D eigenvalue weighted by Gasteiger charge is -2.22. The van der Waals surface area contributed by atoms with E-state index in [1.165, 1.54) is 6.92 Å². The lowest BCUT2D eigenvalue weighted by atomic mass is 10.1. The van der Waals surface area contributed by atoms with E-state index in [-0.39, 0.29) is 17.7 Å². The summed E-state index contributed by atoms with van der Waals surface area (Å²) < 4.78 is 0. The maximum absolute atomic E-state index is 10.6. The van der Waals surface area contributed by atoms with E-state index in [1.54, 1.807) is 0 Å². The molecule has 0 aliphatic heterocycles. The van der Waals surface area contributed by atoms with Crippen LogP contribution in [0.1, 0.15) is 34.1 Å². The Bertz CT molecular complexity index is 149. The van der Waals surface area contributed by atoms with Crippen LogP contribution in [0.3, 0.4) is 0 Å². The molecule has 0 saturated heterocycles. The van der Waals surface area contributed by atoms with E-state index in [9.17, 15) is 9.90 Å². The molecule has 0 spiro atoms. The molecule has 3 heteroatoms. The fraction of sp³-hybridized carbons (Fsp3) is 0.889. The first kappa shape index (κ1) is 11.6. The van der Waals surface area contributed by atoms with Crippen LogP contribution in [0.25, 0.3) is 0 Å². The second kappa shape index (κ2) is 4.58. The summed E-state index contributed by atoms with van der Waals surface area (Å²) in [5.41, 5.74) is -0.00221. The molecule has 12 heavy (non-hydrogen) atoms. The third-order valence-electron chi connectivity index (χ3n) is 1.39. The first-order valence-corrected chi connectivity index (χ1v) is 4.24. The summed E-state index contributed by atoms with van der Waals surface area (Å²) in [6.45, 7) is 8.03. The molecule has 1 atom stereocenters. The van der Waals surface area contributed by atoms with Gasteiger partial charge in [-0.05, 0) is 27.7 Å². The second-order valence-corrected chi connectivity index (χ2v) is 4.19.